The maximum absolute atomic E-state index is 13.1. The summed E-state index contributed by atoms with van der Waals surface area (Å²) in [6.07, 6.45) is 6.07. The van der Waals surface area contributed by atoms with Crippen LogP contribution in [0.25, 0.3) is 10.8 Å². The summed E-state index contributed by atoms with van der Waals surface area (Å²) >= 11 is 0. The van der Waals surface area contributed by atoms with E-state index in [0.29, 0.717) is 22.8 Å². The van der Waals surface area contributed by atoms with Crippen LogP contribution in [0.4, 0.5) is 0 Å². The summed E-state index contributed by atoms with van der Waals surface area (Å²) in [6, 6.07) is 17.3. The quantitative estimate of drug-likeness (QED) is 0.435. The number of phenolic OH excluding ortho intramolecular Hbond substituents is 1. The van der Waals surface area contributed by atoms with E-state index in [1.807, 2.05) is 30.3 Å². The van der Waals surface area contributed by atoms with Crippen LogP contribution in [0.3, 0.4) is 0 Å². The molecule has 0 spiro atoms. The number of ether oxygens (including phenoxy) is 1. The summed E-state index contributed by atoms with van der Waals surface area (Å²) in [5, 5.41) is 11.5. The molecule has 166 valence electrons. The number of hydrogen-bond acceptors (Lipinski definition) is 4. The minimum Gasteiger partial charge on any atom is -0.508 e. The van der Waals surface area contributed by atoms with Crippen LogP contribution < -0.4 is 4.74 Å². The van der Waals surface area contributed by atoms with Gasteiger partial charge in [0.1, 0.15) is 17.2 Å². The number of allylic oxidation sites excluding steroid dienone is 4. The van der Waals surface area contributed by atoms with E-state index in [9.17, 15) is 13.5 Å². The van der Waals surface area contributed by atoms with Crippen LogP contribution in [0.5, 0.6) is 17.2 Å². The number of rotatable bonds is 6. The zero-order chi connectivity index (χ0) is 22.9. The molecule has 3 aromatic rings. The van der Waals surface area contributed by atoms with Crippen molar-refractivity contribution in [2.45, 2.75) is 44.9 Å². The van der Waals surface area contributed by atoms with E-state index in [1.165, 1.54) is 5.57 Å². The van der Waals surface area contributed by atoms with E-state index in [1.54, 1.807) is 42.5 Å². The molecule has 0 saturated heterocycles. The smallest absolute Gasteiger partial charge is 0.202 e. The molecule has 0 bridgehead atoms. The van der Waals surface area contributed by atoms with Crippen LogP contribution in [0, 0.1) is 5.41 Å². The van der Waals surface area contributed by atoms with E-state index in [4.69, 9.17) is 4.74 Å². The van der Waals surface area contributed by atoms with Gasteiger partial charge in [0.2, 0.25) is 9.84 Å². The molecule has 32 heavy (non-hydrogen) atoms. The van der Waals surface area contributed by atoms with Gasteiger partial charge in [-0.1, -0.05) is 44.6 Å². The molecule has 4 nitrogen and oxygen atoms in total. The SMILES string of the molecule is CCC(C)(C)C1=CC=C(S(=O)(=O)c2ccc(Oc3ccc4cc(O)ccc4c3)cc2)CC1. The van der Waals surface area contributed by atoms with Crippen LogP contribution in [0.1, 0.15) is 40.0 Å². The van der Waals surface area contributed by atoms with Crippen molar-refractivity contribution in [3.8, 4) is 17.2 Å². The number of aromatic hydroxyl groups is 1. The predicted molar refractivity (Wildman–Crippen MR) is 129 cm³/mol. The van der Waals surface area contributed by atoms with Gasteiger partial charge in [0.25, 0.3) is 0 Å². The van der Waals surface area contributed by atoms with Crippen LogP contribution in [0.2, 0.25) is 0 Å². The van der Waals surface area contributed by atoms with Gasteiger partial charge in [-0.05, 0) is 90.1 Å². The standard InChI is InChI=1S/C27H28O4S/c1-4-27(2,3)21-7-13-25(14-8-21)32(29,30)26-15-11-23(12-16-26)31-24-10-6-19-17-22(28)9-5-20(19)18-24/h5-7,9-13,15-18,28H,4,8,14H2,1-3H3. The third kappa shape index (κ3) is 4.44. The first-order valence-corrected chi connectivity index (χ1v) is 12.3. The fourth-order valence-electron chi connectivity index (χ4n) is 3.88. The summed E-state index contributed by atoms with van der Waals surface area (Å²) in [4.78, 5) is 0.733. The van der Waals surface area contributed by atoms with E-state index in [-0.39, 0.29) is 16.1 Å². The van der Waals surface area contributed by atoms with Crippen LogP contribution >= 0.6 is 0 Å². The fraction of sp³-hybridized carbons (Fsp3) is 0.259. The Labute approximate surface area is 189 Å². The molecule has 1 aliphatic carbocycles. The van der Waals surface area contributed by atoms with Crippen molar-refractivity contribution in [3.05, 3.63) is 83.3 Å². The second kappa shape index (κ2) is 8.47. The molecule has 5 heteroatoms. The third-order valence-corrected chi connectivity index (χ3v) is 8.30. The van der Waals surface area contributed by atoms with Crippen molar-refractivity contribution < 1.29 is 18.3 Å². The van der Waals surface area contributed by atoms with Crippen molar-refractivity contribution in [1.82, 2.24) is 0 Å². The minimum absolute atomic E-state index is 0.0912. The lowest BCUT2D eigenvalue weighted by molar-refractivity contribution is 0.412. The van der Waals surface area contributed by atoms with Gasteiger partial charge in [0.15, 0.2) is 0 Å². The second-order valence-corrected chi connectivity index (χ2v) is 10.8. The Morgan fingerprint density at radius 2 is 1.53 bits per heavy atom. The number of benzene rings is 3. The zero-order valence-corrected chi connectivity index (χ0v) is 19.4. The molecule has 0 amide bonds. The first kappa shape index (κ1) is 22.2. The monoisotopic (exact) mass is 448 g/mol. The summed E-state index contributed by atoms with van der Waals surface area (Å²) in [7, 11) is -3.52. The second-order valence-electron chi connectivity index (χ2n) is 8.83. The maximum Gasteiger partial charge on any atom is 0.202 e. The Kier molecular flexibility index (Phi) is 5.87. The first-order valence-electron chi connectivity index (χ1n) is 10.8. The molecule has 0 heterocycles. The molecule has 0 saturated carbocycles. The molecular weight excluding hydrogens is 420 g/mol. The largest absolute Gasteiger partial charge is 0.508 e. The number of fused-ring (bicyclic) bond motifs is 1. The van der Waals surface area contributed by atoms with E-state index in [2.05, 4.69) is 20.8 Å². The minimum atomic E-state index is -3.52. The van der Waals surface area contributed by atoms with Gasteiger partial charge >= 0.3 is 0 Å². The molecule has 0 unspecified atom stereocenters. The molecule has 0 fully saturated rings. The Balaban J connectivity index is 1.53. The average Bonchev–Trinajstić information content (AvgIpc) is 2.79. The molecule has 1 N–H and O–H groups in total. The van der Waals surface area contributed by atoms with Crippen LogP contribution in [-0.4, -0.2) is 13.5 Å². The van der Waals surface area contributed by atoms with Crippen LogP contribution in [0.15, 0.2) is 88.2 Å². The number of sulfone groups is 1. The lowest BCUT2D eigenvalue weighted by Crippen LogP contribution is -2.16. The van der Waals surface area contributed by atoms with E-state index >= 15 is 0 Å². The van der Waals surface area contributed by atoms with Crippen LogP contribution in [-0.2, 0) is 9.84 Å². The maximum atomic E-state index is 13.1. The molecule has 0 atom stereocenters. The molecule has 4 rings (SSSR count). The molecular formula is C27H28O4S. The van der Waals surface area contributed by atoms with Gasteiger partial charge < -0.3 is 9.84 Å². The number of phenols is 1. The molecule has 1 aliphatic rings. The Morgan fingerprint density at radius 3 is 2.19 bits per heavy atom. The van der Waals surface area contributed by atoms with Crippen molar-refractivity contribution in [3.63, 3.8) is 0 Å². The molecule has 0 radical (unpaired) electrons. The summed E-state index contributed by atoms with van der Waals surface area (Å²) in [5.74, 6) is 1.42. The lowest BCUT2D eigenvalue weighted by atomic mass is 9.78. The predicted octanol–water partition coefficient (Wildman–Crippen LogP) is 7.15. The third-order valence-electron chi connectivity index (χ3n) is 6.37. The zero-order valence-electron chi connectivity index (χ0n) is 18.6. The van der Waals surface area contributed by atoms with Crippen molar-refractivity contribution in [2.75, 3.05) is 0 Å². The highest BCUT2D eigenvalue weighted by Gasteiger charge is 2.27. The molecule has 0 aromatic heterocycles. The highest BCUT2D eigenvalue weighted by molar-refractivity contribution is 7.95. The highest BCUT2D eigenvalue weighted by atomic mass is 32.2. The van der Waals surface area contributed by atoms with Crippen molar-refractivity contribution in [2.24, 2.45) is 5.41 Å². The summed E-state index contributed by atoms with van der Waals surface area (Å²) in [6.45, 7) is 6.55. The van der Waals surface area contributed by atoms with E-state index in [0.717, 1.165) is 23.6 Å². The summed E-state index contributed by atoms with van der Waals surface area (Å²) in [5.41, 5.74) is 1.39. The van der Waals surface area contributed by atoms with E-state index < -0.39 is 9.84 Å². The van der Waals surface area contributed by atoms with Gasteiger partial charge in [-0.15, -0.1) is 0 Å². The average molecular weight is 449 g/mol. The number of hydrogen-bond donors (Lipinski definition) is 1. The molecule has 0 aliphatic heterocycles. The van der Waals surface area contributed by atoms with Gasteiger partial charge in [0.05, 0.1) is 4.90 Å². The van der Waals surface area contributed by atoms with Gasteiger partial charge in [-0.25, -0.2) is 8.42 Å². The van der Waals surface area contributed by atoms with Gasteiger partial charge in [0, 0.05) is 4.91 Å². The van der Waals surface area contributed by atoms with Gasteiger partial charge in [-0.3, -0.25) is 0 Å². The van der Waals surface area contributed by atoms with Crippen molar-refractivity contribution in [1.29, 1.82) is 0 Å². The Morgan fingerprint density at radius 1 is 0.875 bits per heavy atom. The fourth-order valence-corrected chi connectivity index (χ4v) is 5.30. The van der Waals surface area contributed by atoms with Crippen molar-refractivity contribution >= 4 is 20.6 Å². The summed E-state index contributed by atoms with van der Waals surface area (Å²) < 4.78 is 32.1. The topological polar surface area (TPSA) is 63.6 Å². The first-order chi connectivity index (χ1) is 15.2. The highest BCUT2D eigenvalue weighted by Crippen LogP contribution is 2.38. The Bertz CT molecular complexity index is 1310. The lowest BCUT2D eigenvalue weighted by Gasteiger charge is -2.29. The van der Waals surface area contributed by atoms with Gasteiger partial charge in [-0.2, -0.15) is 0 Å². The normalized spacial score (nSPS) is 14.7. The molecule has 3 aromatic carbocycles. The Hall–Kier alpha value is -3.05.